The molecule has 242 valence electrons. The van der Waals surface area contributed by atoms with E-state index in [-0.39, 0.29) is 13.2 Å². The number of nitrogens with zero attached hydrogens (tertiary/aromatic N) is 1. The number of methoxy groups -OCH3 is 1. The lowest BCUT2D eigenvalue weighted by molar-refractivity contribution is -0.139. The molecule has 3 N–H and O–H groups in total. The molecule has 10 nitrogen and oxygen atoms in total. The summed E-state index contributed by atoms with van der Waals surface area (Å²) in [6, 6.07) is 24.0. The highest BCUT2D eigenvalue weighted by Crippen LogP contribution is 2.37. The zero-order valence-corrected chi connectivity index (χ0v) is 27.5. The molecule has 4 aromatic rings. The molecule has 0 bridgehead atoms. The maximum absolute atomic E-state index is 12.8. The number of carbonyl (C=O) groups is 2. The van der Waals surface area contributed by atoms with Gasteiger partial charge in [0.25, 0.3) is 5.91 Å². The fourth-order valence-electron chi connectivity index (χ4n) is 5.05. The Bertz CT molecular complexity index is 1880. The number of rotatable bonds is 12. The number of thiocarbonyl (C=S) groups is 1. The highest BCUT2D eigenvalue weighted by Gasteiger charge is 2.32. The Kier molecular flexibility index (Phi) is 10.9. The SMILES string of the molecule is CCOC(=O)C1=C(C)NC(=S)N[C@H]1c1ccccc1OCC(=O)NN=Cc1cc(Cl)c(OCc2ccc3ccccc3c2)c(OC)c1. The van der Waals surface area contributed by atoms with Gasteiger partial charge in [0.1, 0.15) is 12.4 Å². The number of allylic oxidation sites excluding steroid dienone is 1. The molecule has 47 heavy (non-hydrogen) atoms. The summed E-state index contributed by atoms with van der Waals surface area (Å²) in [6.45, 7) is 3.66. The molecule has 4 aromatic carbocycles. The van der Waals surface area contributed by atoms with Crippen LogP contribution in [-0.4, -0.2) is 43.5 Å². The second-order valence-electron chi connectivity index (χ2n) is 10.4. The molecule has 5 rings (SSSR count). The number of carbonyl (C=O) groups excluding carboxylic acids is 2. The van der Waals surface area contributed by atoms with Crippen LogP contribution >= 0.6 is 23.8 Å². The predicted molar refractivity (Wildman–Crippen MR) is 185 cm³/mol. The molecule has 0 fully saturated rings. The maximum Gasteiger partial charge on any atom is 0.338 e. The Balaban J connectivity index is 1.21. The summed E-state index contributed by atoms with van der Waals surface area (Å²) in [7, 11) is 1.52. The molecule has 1 aliphatic heterocycles. The van der Waals surface area contributed by atoms with Gasteiger partial charge in [-0.1, -0.05) is 66.2 Å². The molecule has 0 saturated carbocycles. The van der Waals surface area contributed by atoms with E-state index >= 15 is 0 Å². The van der Waals surface area contributed by atoms with E-state index < -0.39 is 17.9 Å². The fraction of sp³-hybridized carbons (Fsp3) is 0.200. The minimum atomic E-state index is -0.640. The molecule has 1 amide bonds. The third-order valence-electron chi connectivity index (χ3n) is 7.20. The van der Waals surface area contributed by atoms with Gasteiger partial charge in [-0.05, 0) is 72.2 Å². The van der Waals surface area contributed by atoms with Gasteiger partial charge in [0.05, 0.1) is 36.6 Å². The summed E-state index contributed by atoms with van der Waals surface area (Å²) in [5.74, 6) is 0.217. The lowest BCUT2D eigenvalue weighted by atomic mass is 9.95. The van der Waals surface area contributed by atoms with Crippen molar-refractivity contribution < 1.29 is 28.5 Å². The Labute approximate surface area is 282 Å². The molecule has 1 aliphatic rings. The van der Waals surface area contributed by atoms with Gasteiger partial charge in [-0.2, -0.15) is 5.10 Å². The van der Waals surface area contributed by atoms with Crippen molar-refractivity contribution in [3.8, 4) is 17.2 Å². The van der Waals surface area contributed by atoms with Crippen molar-refractivity contribution >= 4 is 57.8 Å². The molecule has 1 heterocycles. The monoisotopic (exact) mass is 672 g/mol. The molecule has 0 unspecified atom stereocenters. The van der Waals surface area contributed by atoms with E-state index in [1.807, 2.05) is 24.3 Å². The van der Waals surface area contributed by atoms with E-state index in [4.69, 9.17) is 42.8 Å². The second-order valence-corrected chi connectivity index (χ2v) is 11.2. The van der Waals surface area contributed by atoms with Crippen molar-refractivity contribution in [1.82, 2.24) is 16.1 Å². The predicted octanol–water partition coefficient (Wildman–Crippen LogP) is 5.97. The summed E-state index contributed by atoms with van der Waals surface area (Å²) < 4.78 is 22.7. The van der Waals surface area contributed by atoms with E-state index in [1.54, 1.807) is 50.2 Å². The van der Waals surface area contributed by atoms with Gasteiger partial charge in [0, 0.05) is 11.3 Å². The van der Waals surface area contributed by atoms with E-state index in [1.165, 1.54) is 13.3 Å². The number of hydrazone groups is 1. The minimum absolute atomic E-state index is 0.217. The number of esters is 1. The number of nitrogens with one attached hydrogen (secondary N) is 3. The third kappa shape index (κ3) is 8.18. The summed E-state index contributed by atoms with van der Waals surface area (Å²) in [5.41, 5.74) is 5.57. The van der Waals surface area contributed by atoms with E-state index in [0.29, 0.717) is 56.4 Å². The van der Waals surface area contributed by atoms with Crippen molar-refractivity contribution in [2.24, 2.45) is 5.10 Å². The lowest BCUT2D eigenvalue weighted by Crippen LogP contribution is -2.45. The number of ether oxygens (including phenoxy) is 4. The maximum atomic E-state index is 12.8. The topological polar surface area (TPSA) is 120 Å². The van der Waals surface area contributed by atoms with Gasteiger partial charge in [-0.15, -0.1) is 0 Å². The van der Waals surface area contributed by atoms with Crippen molar-refractivity contribution in [2.75, 3.05) is 20.3 Å². The third-order valence-corrected chi connectivity index (χ3v) is 7.71. The smallest absolute Gasteiger partial charge is 0.338 e. The average Bonchev–Trinajstić information content (AvgIpc) is 3.06. The molecule has 0 aliphatic carbocycles. The second kappa shape index (κ2) is 15.4. The van der Waals surface area contributed by atoms with E-state index in [9.17, 15) is 9.59 Å². The molecule has 12 heteroatoms. The summed E-state index contributed by atoms with van der Waals surface area (Å²) >= 11 is 11.9. The number of fused-ring (bicyclic) bond motifs is 1. The first kappa shape index (κ1) is 33.2. The lowest BCUT2D eigenvalue weighted by Gasteiger charge is -2.30. The van der Waals surface area contributed by atoms with Crippen LogP contribution < -0.4 is 30.3 Å². The first-order chi connectivity index (χ1) is 22.8. The zero-order chi connectivity index (χ0) is 33.3. The summed E-state index contributed by atoms with van der Waals surface area (Å²) in [5, 5.41) is 13.1. The van der Waals surface area contributed by atoms with Crippen LogP contribution in [0.1, 0.15) is 36.6 Å². The first-order valence-corrected chi connectivity index (χ1v) is 15.5. The van der Waals surface area contributed by atoms with Gasteiger partial charge in [0.15, 0.2) is 23.2 Å². The van der Waals surface area contributed by atoms with E-state index in [2.05, 4.69) is 39.4 Å². The zero-order valence-electron chi connectivity index (χ0n) is 26.0. The highest BCUT2D eigenvalue weighted by molar-refractivity contribution is 7.80. The largest absolute Gasteiger partial charge is 0.493 e. The van der Waals surface area contributed by atoms with Crippen LogP contribution in [0.2, 0.25) is 5.02 Å². The van der Waals surface area contributed by atoms with Crippen molar-refractivity contribution in [2.45, 2.75) is 26.5 Å². The van der Waals surface area contributed by atoms with Crippen molar-refractivity contribution in [1.29, 1.82) is 0 Å². The minimum Gasteiger partial charge on any atom is -0.493 e. The van der Waals surface area contributed by atoms with Crippen LogP contribution in [0.3, 0.4) is 0 Å². The molecular weight excluding hydrogens is 640 g/mol. The van der Waals surface area contributed by atoms with Crippen molar-refractivity contribution in [3.63, 3.8) is 0 Å². The van der Waals surface area contributed by atoms with Gasteiger partial charge < -0.3 is 29.6 Å². The Hall–Kier alpha value is -5.13. The Morgan fingerprint density at radius 1 is 1.00 bits per heavy atom. The molecule has 0 radical (unpaired) electrons. The molecule has 0 spiro atoms. The highest BCUT2D eigenvalue weighted by atomic mass is 35.5. The van der Waals surface area contributed by atoms with Crippen LogP contribution in [0.4, 0.5) is 0 Å². The Morgan fingerprint density at radius 2 is 1.77 bits per heavy atom. The van der Waals surface area contributed by atoms with Crippen LogP contribution in [0, 0.1) is 0 Å². The average molecular weight is 673 g/mol. The molecule has 1 atom stereocenters. The quantitative estimate of drug-likeness (QED) is 0.0724. The van der Waals surface area contributed by atoms with E-state index in [0.717, 1.165) is 16.3 Å². The van der Waals surface area contributed by atoms with Gasteiger partial charge in [0.2, 0.25) is 0 Å². The van der Waals surface area contributed by atoms with Gasteiger partial charge in [-0.25, -0.2) is 10.2 Å². The van der Waals surface area contributed by atoms with Crippen LogP contribution in [-0.2, 0) is 20.9 Å². The molecular formula is C35H33ClN4O6S. The number of hydrogen-bond acceptors (Lipinski definition) is 8. The number of hydrogen-bond donors (Lipinski definition) is 3. The fourth-order valence-corrected chi connectivity index (χ4v) is 5.59. The summed E-state index contributed by atoms with van der Waals surface area (Å²) in [6.07, 6.45) is 1.44. The summed E-state index contributed by atoms with van der Waals surface area (Å²) in [4.78, 5) is 25.4. The van der Waals surface area contributed by atoms with Crippen LogP contribution in [0.15, 0.2) is 95.2 Å². The number of para-hydroxylation sites is 1. The van der Waals surface area contributed by atoms with Crippen molar-refractivity contribution in [3.05, 3.63) is 112 Å². The standard InChI is InChI=1S/C35H33ClN4O6S/c1-4-44-34(42)31-21(2)38-35(47)39-32(31)26-11-7-8-12-28(26)45-20-30(41)40-37-18-23-16-27(36)33(29(17-23)43-3)46-19-22-13-14-24-9-5-6-10-25(24)15-22/h5-18,32H,4,19-20H2,1-3H3,(H,40,41)(H2,38,39,47)/t32-/m0/s1. The van der Waals surface area contributed by atoms with Crippen LogP contribution in [0.5, 0.6) is 17.2 Å². The molecule has 0 saturated heterocycles. The van der Waals surface area contributed by atoms with Gasteiger partial charge in [-0.3, -0.25) is 4.79 Å². The number of halogens is 1. The molecule has 0 aromatic heterocycles. The number of benzene rings is 4. The normalized spacial score (nSPS) is 14.4. The van der Waals surface area contributed by atoms with Crippen LogP contribution in [0.25, 0.3) is 10.8 Å². The Morgan fingerprint density at radius 3 is 2.55 bits per heavy atom. The van der Waals surface area contributed by atoms with Gasteiger partial charge >= 0.3 is 5.97 Å². The first-order valence-electron chi connectivity index (χ1n) is 14.7. The number of amides is 1.